The lowest BCUT2D eigenvalue weighted by molar-refractivity contribution is -0.121. The van der Waals surface area contributed by atoms with Gasteiger partial charge in [-0.3, -0.25) is 4.79 Å². The van der Waals surface area contributed by atoms with Gasteiger partial charge in [0.2, 0.25) is 5.91 Å². The summed E-state index contributed by atoms with van der Waals surface area (Å²) in [6.45, 7) is 1.98. The third-order valence-electron chi connectivity index (χ3n) is 3.25. The summed E-state index contributed by atoms with van der Waals surface area (Å²) in [5, 5.41) is 3.01. The lowest BCUT2D eigenvalue weighted by Gasteiger charge is -2.14. The van der Waals surface area contributed by atoms with E-state index in [1.807, 2.05) is 55.5 Å². The van der Waals surface area contributed by atoms with Crippen molar-refractivity contribution in [1.82, 2.24) is 5.32 Å². The molecule has 3 nitrogen and oxygen atoms in total. The second kappa shape index (κ2) is 7.27. The van der Waals surface area contributed by atoms with Gasteiger partial charge in [0.15, 0.2) is 0 Å². The van der Waals surface area contributed by atoms with E-state index in [-0.39, 0.29) is 11.9 Å². The van der Waals surface area contributed by atoms with Crippen LogP contribution in [-0.2, 0) is 11.2 Å². The molecule has 110 valence electrons. The Morgan fingerprint density at radius 3 is 2.62 bits per heavy atom. The molecule has 0 saturated heterocycles. The number of ether oxygens (including phenoxy) is 1. The summed E-state index contributed by atoms with van der Waals surface area (Å²) < 4.78 is 6.19. The lowest BCUT2D eigenvalue weighted by atomic mass is 10.1. The van der Waals surface area contributed by atoms with Gasteiger partial charge in [-0.1, -0.05) is 40.2 Å². The number of hydrogen-bond donors (Lipinski definition) is 1. The average molecular weight is 348 g/mol. The molecule has 0 aliphatic heterocycles. The van der Waals surface area contributed by atoms with Crippen molar-refractivity contribution in [3.05, 3.63) is 64.1 Å². The predicted octanol–water partition coefficient (Wildman–Crippen LogP) is 3.88. The number of carbonyl (C=O) groups excluding carboxylic acids is 1. The summed E-state index contributed by atoms with van der Waals surface area (Å²) in [6.07, 6.45) is 0.345. The van der Waals surface area contributed by atoms with Crippen LogP contribution in [0, 0.1) is 0 Å². The van der Waals surface area contributed by atoms with E-state index in [1.165, 1.54) is 0 Å². The van der Waals surface area contributed by atoms with Crippen LogP contribution in [0.2, 0.25) is 0 Å². The Kier molecular flexibility index (Phi) is 5.39. The van der Waals surface area contributed by atoms with Crippen LogP contribution in [0.1, 0.15) is 24.1 Å². The Hall–Kier alpha value is -1.81. The highest BCUT2D eigenvalue weighted by Crippen LogP contribution is 2.17. The van der Waals surface area contributed by atoms with Crippen LogP contribution in [0.4, 0.5) is 0 Å². The van der Waals surface area contributed by atoms with Gasteiger partial charge in [0.1, 0.15) is 5.75 Å². The molecule has 1 atom stereocenters. The van der Waals surface area contributed by atoms with Crippen LogP contribution in [0.3, 0.4) is 0 Å². The quantitative estimate of drug-likeness (QED) is 0.891. The number of carbonyl (C=O) groups is 1. The van der Waals surface area contributed by atoms with Crippen molar-refractivity contribution in [3.8, 4) is 5.75 Å². The number of rotatable bonds is 5. The van der Waals surface area contributed by atoms with E-state index >= 15 is 0 Å². The Balaban J connectivity index is 1.96. The first-order valence-corrected chi connectivity index (χ1v) is 7.55. The average Bonchev–Trinajstić information content (AvgIpc) is 2.47. The molecule has 0 radical (unpaired) electrons. The number of halogens is 1. The summed E-state index contributed by atoms with van der Waals surface area (Å²) in [7, 11) is 1.62. The number of benzene rings is 2. The van der Waals surface area contributed by atoms with Crippen molar-refractivity contribution in [2.24, 2.45) is 0 Å². The van der Waals surface area contributed by atoms with Gasteiger partial charge >= 0.3 is 0 Å². The highest BCUT2D eigenvalue weighted by Gasteiger charge is 2.10. The first-order chi connectivity index (χ1) is 10.1. The monoisotopic (exact) mass is 347 g/mol. The maximum absolute atomic E-state index is 12.1. The minimum Gasteiger partial charge on any atom is -0.497 e. The van der Waals surface area contributed by atoms with Gasteiger partial charge in [0.05, 0.1) is 19.6 Å². The van der Waals surface area contributed by atoms with E-state index in [4.69, 9.17) is 4.74 Å². The van der Waals surface area contributed by atoms with Crippen molar-refractivity contribution in [2.75, 3.05) is 7.11 Å². The zero-order valence-corrected chi connectivity index (χ0v) is 13.7. The van der Waals surface area contributed by atoms with Crippen molar-refractivity contribution >= 4 is 21.8 Å². The number of amides is 1. The van der Waals surface area contributed by atoms with E-state index in [0.29, 0.717) is 6.42 Å². The highest BCUT2D eigenvalue weighted by atomic mass is 79.9. The molecule has 0 fully saturated rings. The van der Waals surface area contributed by atoms with Gasteiger partial charge in [-0.25, -0.2) is 0 Å². The Morgan fingerprint density at radius 2 is 1.95 bits per heavy atom. The summed E-state index contributed by atoms with van der Waals surface area (Å²) in [5.41, 5.74) is 2.02. The molecule has 0 unspecified atom stereocenters. The molecule has 0 heterocycles. The largest absolute Gasteiger partial charge is 0.497 e. The van der Waals surface area contributed by atoms with Gasteiger partial charge in [0, 0.05) is 4.47 Å². The van der Waals surface area contributed by atoms with E-state index in [2.05, 4.69) is 21.2 Å². The normalized spacial score (nSPS) is 11.8. The molecule has 2 aromatic carbocycles. The van der Waals surface area contributed by atoms with E-state index in [1.54, 1.807) is 7.11 Å². The number of methoxy groups -OCH3 is 1. The van der Waals surface area contributed by atoms with Crippen molar-refractivity contribution in [3.63, 3.8) is 0 Å². The minimum absolute atomic E-state index is 0.00123. The van der Waals surface area contributed by atoms with Crippen LogP contribution in [0.15, 0.2) is 53.0 Å². The molecule has 0 aliphatic carbocycles. The van der Waals surface area contributed by atoms with Crippen LogP contribution < -0.4 is 10.1 Å². The van der Waals surface area contributed by atoms with E-state index in [0.717, 1.165) is 21.3 Å². The van der Waals surface area contributed by atoms with Crippen molar-refractivity contribution < 1.29 is 9.53 Å². The molecule has 0 bridgehead atoms. The summed E-state index contributed by atoms with van der Waals surface area (Å²) in [5.74, 6) is 0.764. The van der Waals surface area contributed by atoms with Crippen molar-refractivity contribution in [1.29, 1.82) is 0 Å². The predicted molar refractivity (Wildman–Crippen MR) is 87.4 cm³/mol. The second-order valence-corrected chi connectivity index (χ2v) is 5.78. The number of nitrogens with one attached hydrogen (secondary N) is 1. The fourth-order valence-corrected chi connectivity index (χ4v) is 2.36. The van der Waals surface area contributed by atoms with Gasteiger partial charge in [-0.05, 0) is 42.3 Å². The third-order valence-corrected chi connectivity index (χ3v) is 3.77. The van der Waals surface area contributed by atoms with E-state index < -0.39 is 0 Å². The Morgan fingerprint density at radius 1 is 1.24 bits per heavy atom. The summed E-state index contributed by atoms with van der Waals surface area (Å²) in [4.78, 5) is 12.1. The molecule has 0 aromatic heterocycles. The first kappa shape index (κ1) is 15.6. The molecule has 1 N–H and O–H groups in total. The van der Waals surface area contributed by atoms with Crippen LogP contribution >= 0.6 is 15.9 Å². The second-order valence-electron chi connectivity index (χ2n) is 4.87. The first-order valence-electron chi connectivity index (χ1n) is 6.76. The molecule has 2 rings (SSSR count). The Labute approximate surface area is 133 Å². The van der Waals surface area contributed by atoms with Gasteiger partial charge in [-0.15, -0.1) is 0 Å². The molecular weight excluding hydrogens is 330 g/mol. The molecule has 1 amide bonds. The molecule has 4 heteroatoms. The van der Waals surface area contributed by atoms with Gasteiger partial charge in [0.25, 0.3) is 0 Å². The standard InChI is InChI=1S/C17H18BrNO2/c1-12(14-6-8-15(18)9-7-14)19-17(20)11-13-4-3-5-16(10-13)21-2/h3-10,12H,11H2,1-2H3,(H,19,20)/t12-/m1/s1. The SMILES string of the molecule is COc1cccc(CC(=O)N[C@H](C)c2ccc(Br)cc2)c1. The highest BCUT2D eigenvalue weighted by molar-refractivity contribution is 9.10. The minimum atomic E-state index is -0.0174. The fourth-order valence-electron chi connectivity index (χ4n) is 2.10. The molecule has 21 heavy (non-hydrogen) atoms. The van der Waals surface area contributed by atoms with Crippen molar-refractivity contribution in [2.45, 2.75) is 19.4 Å². The maximum Gasteiger partial charge on any atom is 0.224 e. The number of hydrogen-bond acceptors (Lipinski definition) is 2. The maximum atomic E-state index is 12.1. The van der Waals surface area contributed by atoms with E-state index in [9.17, 15) is 4.79 Å². The zero-order valence-electron chi connectivity index (χ0n) is 12.1. The third kappa shape index (κ3) is 4.60. The van der Waals surface area contributed by atoms with Gasteiger partial charge in [-0.2, -0.15) is 0 Å². The summed E-state index contributed by atoms with van der Waals surface area (Å²) in [6, 6.07) is 15.5. The van der Waals surface area contributed by atoms with Crippen LogP contribution in [0.25, 0.3) is 0 Å². The smallest absolute Gasteiger partial charge is 0.224 e. The molecule has 2 aromatic rings. The van der Waals surface area contributed by atoms with Crippen LogP contribution in [0.5, 0.6) is 5.75 Å². The van der Waals surface area contributed by atoms with Crippen LogP contribution in [-0.4, -0.2) is 13.0 Å². The Bertz CT molecular complexity index is 610. The molecule has 0 spiro atoms. The topological polar surface area (TPSA) is 38.3 Å². The van der Waals surface area contributed by atoms with Gasteiger partial charge < -0.3 is 10.1 Å². The fraction of sp³-hybridized carbons (Fsp3) is 0.235. The lowest BCUT2D eigenvalue weighted by Crippen LogP contribution is -2.28. The molecule has 0 saturated carbocycles. The molecule has 0 aliphatic rings. The summed E-state index contributed by atoms with van der Waals surface area (Å²) >= 11 is 3.40. The zero-order chi connectivity index (χ0) is 15.2. The molecular formula is C17H18BrNO2.